The standard InChI is InChI=1S/C12H17N3O2/c13-4-1-5-14-7-9-2-3-11-10(6-9)15-12(16)8-17-11/h2-3,6,14H,1,4-5,7-8,13H2,(H,15,16). The molecule has 92 valence electrons. The Labute approximate surface area is 100 Å². The van der Waals surface area contributed by atoms with E-state index in [1.807, 2.05) is 18.2 Å². The van der Waals surface area contributed by atoms with E-state index in [2.05, 4.69) is 10.6 Å². The molecule has 2 rings (SSSR count). The van der Waals surface area contributed by atoms with Crippen molar-refractivity contribution in [3.05, 3.63) is 23.8 Å². The molecule has 17 heavy (non-hydrogen) atoms. The SMILES string of the molecule is NCCCNCc1ccc2c(c1)NC(=O)CO2. The summed E-state index contributed by atoms with van der Waals surface area (Å²) in [7, 11) is 0. The zero-order chi connectivity index (χ0) is 12.1. The van der Waals surface area contributed by atoms with E-state index >= 15 is 0 Å². The Kier molecular flexibility index (Phi) is 3.95. The molecule has 1 aromatic carbocycles. The summed E-state index contributed by atoms with van der Waals surface area (Å²) in [5, 5.41) is 6.08. The van der Waals surface area contributed by atoms with Crippen molar-refractivity contribution in [1.82, 2.24) is 5.32 Å². The van der Waals surface area contributed by atoms with Crippen LogP contribution in [0.5, 0.6) is 5.75 Å². The number of hydrogen-bond acceptors (Lipinski definition) is 4. The van der Waals surface area contributed by atoms with Crippen LogP contribution in [0.4, 0.5) is 5.69 Å². The minimum absolute atomic E-state index is 0.0983. The maximum Gasteiger partial charge on any atom is 0.262 e. The van der Waals surface area contributed by atoms with Gasteiger partial charge in [0.25, 0.3) is 5.91 Å². The van der Waals surface area contributed by atoms with E-state index < -0.39 is 0 Å². The lowest BCUT2D eigenvalue weighted by molar-refractivity contribution is -0.118. The number of carbonyl (C=O) groups is 1. The van der Waals surface area contributed by atoms with Crippen LogP contribution in [0.1, 0.15) is 12.0 Å². The van der Waals surface area contributed by atoms with Crippen molar-refractivity contribution in [2.75, 3.05) is 25.0 Å². The van der Waals surface area contributed by atoms with Gasteiger partial charge in [-0.15, -0.1) is 0 Å². The van der Waals surface area contributed by atoms with Crippen LogP contribution in [0.15, 0.2) is 18.2 Å². The lowest BCUT2D eigenvalue weighted by Gasteiger charge is -2.18. The summed E-state index contributed by atoms with van der Waals surface area (Å²) in [4.78, 5) is 11.2. The number of carbonyl (C=O) groups excluding carboxylic acids is 1. The third-order valence-electron chi connectivity index (χ3n) is 2.56. The summed E-state index contributed by atoms with van der Waals surface area (Å²) >= 11 is 0. The van der Waals surface area contributed by atoms with Crippen molar-refractivity contribution in [2.45, 2.75) is 13.0 Å². The van der Waals surface area contributed by atoms with E-state index in [-0.39, 0.29) is 12.5 Å². The monoisotopic (exact) mass is 235 g/mol. The molecule has 0 fully saturated rings. The molecule has 0 saturated heterocycles. The van der Waals surface area contributed by atoms with Gasteiger partial charge in [-0.1, -0.05) is 6.07 Å². The van der Waals surface area contributed by atoms with Gasteiger partial charge in [0.15, 0.2) is 6.61 Å². The van der Waals surface area contributed by atoms with Gasteiger partial charge in [0, 0.05) is 6.54 Å². The summed E-state index contributed by atoms with van der Waals surface area (Å²) in [5.41, 5.74) is 7.28. The number of fused-ring (bicyclic) bond motifs is 1. The molecule has 1 amide bonds. The molecule has 0 atom stereocenters. The van der Waals surface area contributed by atoms with Crippen LogP contribution in [-0.2, 0) is 11.3 Å². The van der Waals surface area contributed by atoms with Crippen molar-refractivity contribution in [2.24, 2.45) is 5.73 Å². The van der Waals surface area contributed by atoms with Gasteiger partial charge in [-0.25, -0.2) is 0 Å². The summed E-state index contributed by atoms with van der Waals surface area (Å²) in [6, 6.07) is 5.81. The summed E-state index contributed by atoms with van der Waals surface area (Å²) in [5.74, 6) is 0.626. The molecule has 0 saturated carbocycles. The lowest BCUT2D eigenvalue weighted by atomic mass is 10.1. The number of benzene rings is 1. The fourth-order valence-corrected chi connectivity index (χ4v) is 1.70. The quantitative estimate of drug-likeness (QED) is 0.648. The van der Waals surface area contributed by atoms with Crippen molar-refractivity contribution in [3.8, 4) is 5.75 Å². The predicted molar refractivity (Wildman–Crippen MR) is 65.9 cm³/mol. The number of hydrogen-bond donors (Lipinski definition) is 3. The van der Waals surface area contributed by atoms with E-state index in [9.17, 15) is 4.79 Å². The summed E-state index contributed by atoms with van der Waals surface area (Å²) in [6.45, 7) is 2.46. The van der Waals surface area contributed by atoms with Gasteiger partial charge < -0.3 is 21.1 Å². The smallest absolute Gasteiger partial charge is 0.262 e. The molecule has 1 aliphatic heterocycles. The third kappa shape index (κ3) is 3.18. The average molecular weight is 235 g/mol. The minimum Gasteiger partial charge on any atom is -0.482 e. The average Bonchev–Trinajstić information content (AvgIpc) is 2.34. The highest BCUT2D eigenvalue weighted by Crippen LogP contribution is 2.28. The highest BCUT2D eigenvalue weighted by molar-refractivity contribution is 5.95. The number of nitrogens with one attached hydrogen (secondary N) is 2. The van der Waals surface area contributed by atoms with Gasteiger partial charge in [0.05, 0.1) is 5.69 Å². The lowest BCUT2D eigenvalue weighted by Crippen LogP contribution is -2.25. The number of nitrogens with two attached hydrogens (primary N) is 1. The first-order chi connectivity index (χ1) is 8.29. The molecule has 0 unspecified atom stereocenters. The zero-order valence-electron chi connectivity index (χ0n) is 9.66. The van der Waals surface area contributed by atoms with Crippen LogP contribution < -0.4 is 21.1 Å². The van der Waals surface area contributed by atoms with Gasteiger partial charge in [-0.2, -0.15) is 0 Å². The Morgan fingerprint density at radius 2 is 2.35 bits per heavy atom. The van der Waals surface area contributed by atoms with Gasteiger partial charge in [0.2, 0.25) is 0 Å². The summed E-state index contributed by atoms with van der Waals surface area (Å²) in [6.07, 6.45) is 0.963. The van der Waals surface area contributed by atoms with Crippen LogP contribution in [0, 0.1) is 0 Å². The van der Waals surface area contributed by atoms with E-state index in [4.69, 9.17) is 10.5 Å². The first kappa shape index (κ1) is 11.9. The number of rotatable bonds is 5. The van der Waals surface area contributed by atoms with E-state index in [1.54, 1.807) is 0 Å². The Balaban J connectivity index is 1.95. The van der Waals surface area contributed by atoms with Crippen molar-refractivity contribution < 1.29 is 9.53 Å². The molecular formula is C12H17N3O2. The Morgan fingerprint density at radius 3 is 3.18 bits per heavy atom. The predicted octanol–water partition coefficient (Wildman–Crippen LogP) is 0.456. The molecule has 1 aromatic rings. The molecule has 5 nitrogen and oxygen atoms in total. The highest BCUT2D eigenvalue weighted by Gasteiger charge is 2.15. The topological polar surface area (TPSA) is 76.4 Å². The van der Waals surface area contributed by atoms with Gasteiger partial charge in [-0.05, 0) is 37.2 Å². The summed E-state index contributed by atoms with van der Waals surface area (Å²) < 4.78 is 5.28. The minimum atomic E-state index is -0.106. The van der Waals surface area contributed by atoms with Crippen molar-refractivity contribution in [3.63, 3.8) is 0 Å². The largest absolute Gasteiger partial charge is 0.482 e. The number of anilines is 1. The second-order valence-electron chi connectivity index (χ2n) is 3.99. The van der Waals surface area contributed by atoms with Crippen molar-refractivity contribution >= 4 is 11.6 Å². The van der Waals surface area contributed by atoms with Crippen LogP contribution >= 0.6 is 0 Å². The number of amides is 1. The fraction of sp³-hybridized carbons (Fsp3) is 0.417. The molecule has 0 aromatic heterocycles. The van der Waals surface area contributed by atoms with E-state index in [0.717, 1.165) is 36.5 Å². The zero-order valence-corrected chi connectivity index (χ0v) is 9.66. The van der Waals surface area contributed by atoms with E-state index in [1.165, 1.54) is 0 Å². The molecule has 0 aliphatic carbocycles. The normalized spacial score (nSPS) is 13.8. The molecule has 0 spiro atoms. The molecule has 0 bridgehead atoms. The maximum atomic E-state index is 11.2. The first-order valence-corrected chi connectivity index (χ1v) is 5.76. The molecule has 1 heterocycles. The maximum absolute atomic E-state index is 11.2. The molecule has 4 N–H and O–H groups in total. The van der Waals surface area contributed by atoms with Gasteiger partial charge in [-0.3, -0.25) is 4.79 Å². The number of ether oxygens (including phenoxy) is 1. The fourth-order valence-electron chi connectivity index (χ4n) is 1.70. The highest BCUT2D eigenvalue weighted by atomic mass is 16.5. The van der Waals surface area contributed by atoms with Gasteiger partial charge in [0.1, 0.15) is 5.75 Å². The van der Waals surface area contributed by atoms with E-state index in [0.29, 0.717) is 6.54 Å². The van der Waals surface area contributed by atoms with Crippen molar-refractivity contribution in [1.29, 1.82) is 0 Å². The Bertz CT molecular complexity index is 407. The van der Waals surface area contributed by atoms with Crippen LogP contribution in [0.2, 0.25) is 0 Å². The first-order valence-electron chi connectivity index (χ1n) is 5.76. The Hall–Kier alpha value is -1.59. The molecule has 5 heteroatoms. The third-order valence-corrected chi connectivity index (χ3v) is 2.56. The molecule has 0 radical (unpaired) electrons. The van der Waals surface area contributed by atoms with Gasteiger partial charge >= 0.3 is 0 Å². The van der Waals surface area contributed by atoms with Crippen LogP contribution in [0.3, 0.4) is 0 Å². The Morgan fingerprint density at radius 1 is 1.47 bits per heavy atom. The molecular weight excluding hydrogens is 218 g/mol. The second kappa shape index (κ2) is 5.65. The van der Waals surface area contributed by atoms with Crippen LogP contribution in [-0.4, -0.2) is 25.6 Å². The second-order valence-corrected chi connectivity index (χ2v) is 3.99. The van der Waals surface area contributed by atoms with Crippen LogP contribution in [0.25, 0.3) is 0 Å². The molecule has 1 aliphatic rings.